The van der Waals surface area contributed by atoms with Crippen molar-refractivity contribution in [3.63, 3.8) is 0 Å². The van der Waals surface area contributed by atoms with Gasteiger partial charge in [-0.1, -0.05) is 293 Å². The molecule has 528 valence electrons. The maximum absolute atomic E-state index is 13.0. The second kappa shape index (κ2) is 59.8. The molecule has 0 saturated carbocycles. The van der Waals surface area contributed by atoms with E-state index in [4.69, 9.17) is 37.0 Å². The Kier molecular flexibility index (Phi) is 58.5. The molecule has 6 atom stereocenters. The fourth-order valence-electron chi connectivity index (χ4n) is 10.5. The smallest absolute Gasteiger partial charge is 0.462 e. The van der Waals surface area contributed by atoms with E-state index in [9.17, 15) is 43.2 Å². The molecule has 0 bridgehead atoms. The van der Waals surface area contributed by atoms with Crippen LogP contribution in [0, 0.1) is 23.7 Å². The largest absolute Gasteiger partial charge is 0.472 e. The first-order valence-corrected chi connectivity index (χ1v) is 39.2. The lowest BCUT2D eigenvalue weighted by atomic mass is 10.00. The van der Waals surface area contributed by atoms with E-state index in [1.807, 2.05) is 0 Å². The third-order valence-corrected chi connectivity index (χ3v) is 18.3. The number of unbranched alkanes of at least 4 members (excludes halogenated alkanes) is 32. The molecule has 3 N–H and O–H groups in total. The van der Waals surface area contributed by atoms with Gasteiger partial charge in [-0.3, -0.25) is 37.3 Å². The third kappa shape index (κ3) is 63.2. The summed E-state index contributed by atoms with van der Waals surface area (Å²) in [6.07, 6.45) is 42.0. The number of hydrogen-bond acceptors (Lipinski definition) is 15. The minimum atomic E-state index is -4.95. The number of carbonyl (C=O) groups excluding carboxylic acids is 4. The van der Waals surface area contributed by atoms with E-state index in [2.05, 4.69) is 55.4 Å². The minimum Gasteiger partial charge on any atom is -0.462 e. The molecule has 19 heteroatoms. The zero-order chi connectivity index (χ0) is 66.1. The lowest BCUT2D eigenvalue weighted by Crippen LogP contribution is -2.30. The van der Waals surface area contributed by atoms with Gasteiger partial charge in [0.15, 0.2) is 12.2 Å². The highest BCUT2D eigenvalue weighted by atomic mass is 31.2. The molecular formula is C70H136O17P2. The summed E-state index contributed by atoms with van der Waals surface area (Å²) in [6, 6.07) is 0. The van der Waals surface area contributed by atoms with Crippen molar-refractivity contribution in [1.82, 2.24) is 0 Å². The van der Waals surface area contributed by atoms with Crippen LogP contribution in [0.25, 0.3) is 0 Å². The van der Waals surface area contributed by atoms with Gasteiger partial charge < -0.3 is 33.8 Å². The highest BCUT2D eigenvalue weighted by molar-refractivity contribution is 7.47. The molecule has 0 aliphatic carbocycles. The monoisotopic (exact) mass is 1310 g/mol. The Balaban J connectivity index is 5.19. The second-order valence-electron chi connectivity index (χ2n) is 26.9. The number of phosphoric ester groups is 2. The standard InChI is InChI=1S/C70H136O17P2/c1-9-63(8)49-41-33-28-29-35-43-51-68(73)81-57-66(87-70(75)53-45-37-27-21-24-32-40-48-62(6)7)59-85-89(78,79)83-55-64(71)54-82-88(76,77)84-58-65(56-80-67(72)50-42-34-26-20-23-31-39-47-61(4)5)86-69(74)52-44-36-25-19-17-15-13-11-10-12-14-16-18-22-30-38-46-60(2)3/h60-66,71H,9-59H2,1-8H3,(H,76,77)(H,78,79)/t63?,64?,65-,66-/m1/s1. The van der Waals surface area contributed by atoms with Gasteiger partial charge in [-0.25, -0.2) is 9.13 Å². The molecule has 0 heterocycles. The second-order valence-corrected chi connectivity index (χ2v) is 29.8. The molecule has 0 aromatic rings. The molecule has 0 amide bonds. The van der Waals surface area contributed by atoms with Gasteiger partial charge in [0.2, 0.25) is 0 Å². The maximum atomic E-state index is 13.0. The van der Waals surface area contributed by atoms with Gasteiger partial charge in [0.1, 0.15) is 19.3 Å². The number of hydrogen-bond donors (Lipinski definition) is 3. The predicted molar refractivity (Wildman–Crippen MR) is 358 cm³/mol. The molecule has 0 aliphatic heterocycles. The van der Waals surface area contributed by atoms with E-state index < -0.39 is 97.5 Å². The summed E-state index contributed by atoms with van der Waals surface area (Å²) in [5.74, 6) is 0.807. The number of phosphoric acid groups is 2. The van der Waals surface area contributed by atoms with Gasteiger partial charge in [-0.2, -0.15) is 0 Å². The molecule has 0 aromatic carbocycles. The zero-order valence-electron chi connectivity index (χ0n) is 58.1. The Morgan fingerprint density at radius 3 is 0.798 bits per heavy atom. The van der Waals surface area contributed by atoms with Crippen molar-refractivity contribution in [1.29, 1.82) is 0 Å². The average Bonchev–Trinajstić information content (AvgIpc) is 3.70. The van der Waals surface area contributed by atoms with Gasteiger partial charge in [0, 0.05) is 25.7 Å². The van der Waals surface area contributed by atoms with Crippen molar-refractivity contribution in [2.24, 2.45) is 23.7 Å². The number of carbonyl (C=O) groups is 4. The van der Waals surface area contributed by atoms with E-state index in [1.54, 1.807) is 0 Å². The van der Waals surface area contributed by atoms with Gasteiger partial charge in [0.25, 0.3) is 0 Å². The first kappa shape index (κ1) is 87.1. The Hall–Kier alpha value is -1.94. The molecule has 0 spiro atoms. The molecule has 89 heavy (non-hydrogen) atoms. The highest BCUT2D eigenvalue weighted by Gasteiger charge is 2.30. The van der Waals surface area contributed by atoms with Crippen LogP contribution in [0.2, 0.25) is 0 Å². The fraction of sp³-hybridized carbons (Fsp3) is 0.943. The van der Waals surface area contributed by atoms with Crippen molar-refractivity contribution in [3.05, 3.63) is 0 Å². The van der Waals surface area contributed by atoms with Gasteiger partial charge in [0.05, 0.1) is 26.4 Å². The summed E-state index contributed by atoms with van der Waals surface area (Å²) < 4.78 is 68.2. The number of esters is 4. The summed E-state index contributed by atoms with van der Waals surface area (Å²) in [6.45, 7) is 14.0. The topological polar surface area (TPSA) is 237 Å². The van der Waals surface area contributed by atoms with Gasteiger partial charge in [-0.05, 0) is 49.4 Å². The van der Waals surface area contributed by atoms with Crippen molar-refractivity contribution in [3.8, 4) is 0 Å². The van der Waals surface area contributed by atoms with Crippen LogP contribution in [0.3, 0.4) is 0 Å². The zero-order valence-corrected chi connectivity index (χ0v) is 59.8. The quantitative estimate of drug-likeness (QED) is 0.0222. The van der Waals surface area contributed by atoms with Gasteiger partial charge in [-0.15, -0.1) is 0 Å². The summed E-state index contributed by atoms with van der Waals surface area (Å²) >= 11 is 0. The van der Waals surface area contributed by atoms with Crippen LogP contribution in [0.5, 0.6) is 0 Å². The molecule has 4 unspecified atom stereocenters. The number of aliphatic hydroxyl groups excluding tert-OH is 1. The first-order chi connectivity index (χ1) is 42.6. The Bertz CT molecular complexity index is 1770. The maximum Gasteiger partial charge on any atom is 0.472 e. The number of aliphatic hydroxyl groups is 1. The van der Waals surface area contributed by atoms with Crippen molar-refractivity contribution >= 4 is 39.5 Å². The van der Waals surface area contributed by atoms with Crippen molar-refractivity contribution in [2.75, 3.05) is 39.6 Å². The third-order valence-electron chi connectivity index (χ3n) is 16.4. The van der Waals surface area contributed by atoms with Crippen LogP contribution in [-0.4, -0.2) is 96.7 Å². The van der Waals surface area contributed by atoms with Crippen LogP contribution in [0.4, 0.5) is 0 Å². The molecule has 0 saturated heterocycles. The van der Waals surface area contributed by atoms with Crippen LogP contribution in [0.15, 0.2) is 0 Å². The molecule has 17 nitrogen and oxygen atoms in total. The van der Waals surface area contributed by atoms with Crippen LogP contribution in [0.1, 0.15) is 344 Å². The summed E-state index contributed by atoms with van der Waals surface area (Å²) in [4.78, 5) is 72.4. The molecule has 0 aromatic heterocycles. The lowest BCUT2D eigenvalue weighted by molar-refractivity contribution is -0.161. The van der Waals surface area contributed by atoms with E-state index >= 15 is 0 Å². The Morgan fingerprint density at radius 2 is 0.539 bits per heavy atom. The van der Waals surface area contributed by atoms with E-state index in [1.165, 1.54) is 135 Å². The summed E-state index contributed by atoms with van der Waals surface area (Å²) in [5, 5.41) is 10.6. The molecule has 0 fully saturated rings. The summed E-state index contributed by atoms with van der Waals surface area (Å²) in [5.41, 5.74) is 0. The normalized spacial score (nSPS) is 14.6. The van der Waals surface area contributed by atoms with E-state index in [0.717, 1.165) is 115 Å². The number of ether oxygens (including phenoxy) is 4. The molecule has 0 rings (SSSR count). The Morgan fingerprint density at radius 1 is 0.315 bits per heavy atom. The molecular weight excluding hydrogens is 1170 g/mol. The SMILES string of the molecule is CCC(C)CCCCCCCCC(=O)OC[C@H](COP(=O)(O)OCC(O)COP(=O)(O)OC[C@@H](COC(=O)CCCCCCCCCC(C)C)OC(=O)CCCCCCCCCCCCCCCCCCC(C)C)OC(=O)CCCCCCCCCC(C)C. The minimum absolute atomic E-state index is 0.102. The van der Waals surface area contributed by atoms with Gasteiger partial charge >= 0.3 is 39.5 Å². The fourth-order valence-corrected chi connectivity index (χ4v) is 12.0. The van der Waals surface area contributed by atoms with Crippen LogP contribution >= 0.6 is 15.6 Å². The number of rotatable bonds is 67. The van der Waals surface area contributed by atoms with Crippen LogP contribution in [-0.2, 0) is 65.4 Å². The van der Waals surface area contributed by atoms with E-state index in [-0.39, 0.29) is 25.7 Å². The molecule has 0 radical (unpaired) electrons. The first-order valence-electron chi connectivity index (χ1n) is 36.2. The summed E-state index contributed by atoms with van der Waals surface area (Å²) in [7, 11) is -9.90. The molecule has 0 aliphatic rings. The van der Waals surface area contributed by atoms with E-state index in [0.29, 0.717) is 37.5 Å². The van der Waals surface area contributed by atoms with Crippen LogP contribution < -0.4 is 0 Å². The lowest BCUT2D eigenvalue weighted by Gasteiger charge is -2.21. The average molecular weight is 1310 g/mol. The highest BCUT2D eigenvalue weighted by Crippen LogP contribution is 2.45. The van der Waals surface area contributed by atoms with Crippen molar-refractivity contribution < 1.29 is 80.2 Å². The predicted octanol–water partition coefficient (Wildman–Crippen LogP) is 19.7. The Labute approximate surface area is 543 Å². The van der Waals surface area contributed by atoms with Crippen molar-refractivity contribution in [2.45, 2.75) is 363 Å².